The van der Waals surface area contributed by atoms with E-state index in [9.17, 15) is 5.11 Å². The van der Waals surface area contributed by atoms with Gasteiger partial charge in [0.15, 0.2) is 0 Å². The SMILES string of the molecule is CCc1cccc([C@H](CC2CC2)N2CCNCC2)c1O.Cl.Cl. The summed E-state index contributed by atoms with van der Waals surface area (Å²) in [7, 11) is 0. The van der Waals surface area contributed by atoms with Gasteiger partial charge in [-0.25, -0.2) is 0 Å². The molecule has 1 heterocycles. The minimum Gasteiger partial charge on any atom is -0.507 e. The Morgan fingerprint density at radius 1 is 1.23 bits per heavy atom. The Balaban J connectivity index is 0.00000121. The number of hydrogen-bond acceptors (Lipinski definition) is 3. The summed E-state index contributed by atoms with van der Waals surface area (Å²) in [5, 5.41) is 14.0. The first kappa shape index (κ1) is 19.6. The zero-order chi connectivity index (χ0) is 13.9. The van der Waals surface area contributed by atoms with Crippen LogP contribution in [0.1, 0.15) is 43.4 Å². The molecule has 0 aromatic heterocycles. The van der Waals surface area contributed by atoms with E-state index < -0.39 is 0 Å². The number of phenolic OH excluding ortho intramolecular Hbond substituents is 1. The second-order valence-electron chi connectivity index (χ2n) is 6.19. The molecule has 0 amide bonds. The molecule has 3 rings (SSSR count). The summed E-state index contributed by atoms with van der Waals surface area (Å²) < 4.78 is 0. The van der Waals surface area contributed by atoms with E-state index in [0.29, 0.717) is 11.8 Å². The molecule has 3 nitrogen and oxygen atoms in total. The predicted octanol–water partition coefficient (Wildman–Crippen LogP) is 3.54. The third-order valence-electron chi connectivity index (χ3n) is 4.74. The van der Waals surface area contributed by atoms with Crippen molar-refractivity contribution in [3.8, 4) is 5.75 Å². The van der Waals surface area contributed by atoms with Gasteiger partial charge < -0.3 is 10.4 Å². The van der Waals surface area contributed by atoms with E-state index in [1.807, 2.05) is 6.07 Å². The first-order valence-electron chi connectivity index (χ1n) is 8.05. The molecule has 0 unspecified atom stereocenters. The molecule has 1 aromatic carbocycles. The topological polar surface area (TPSA) is 35.5 Å². The van der Waals surface area contributed by atoms with Gasteiger partial charge in [0.25, 0.3) is 0 Å². The highest BCUT2D eigenvalue weighted by Crippen LogP contribution is 2.42. The lowest BCUT2D eigenvalue weighted by molar-refractivity contribution is 0.158. The van der Waals surface area contributed by atoms with Crippen LogP contribution in [0.5, 0.6) is 5.75 Å². The molecule has 1 atom stereocenters. The fourth-order valence-electron chi connectivity index (χ4n) is 3.30. The molecule has 1 aliphatic heterocycles. The zero-order valence-electron chi connectivity index (χ0n) is 13.3. The van der Waals surface area contributed by atoms with Gasteiger partial charge in [-0.3, -0.25) is 4.90 Å². The summed E-state index contributed by atoms with van der Waals surface area (Å²) in [6.45, 7) is 6.42. The van der Waals surface area contributed by atoms with Gasteiger partial charge in [0, 0.05) is 37.8 Å². The number of rotatable bonds is 5. The quantitative estimate of drug-likeness (QED) is 0.855. The van der Waals surface area contributed by atoms with E-state index >= 15 is 0 Å². The van der Waals surface area contributed by atoms with Crippen molar-refractivity contribution >= 4 is 24.8 Å². The Labute approximate surface area is 146 Å². The number of para-hydroxylation sites is 1. The van der Waals surface area contributed by atoms with Crippen LogP contribution in [0, 0.1) is 5.92 Å². The molecule has 1 saturated heterocycles. The molecule has 1 saturated carbocycles. The van der Waals surface area contributed by atoms with Crippen LogP contribution in [0.25, 0.3) is 0 Å². The molecular formula is C17H28Cl2N2O. The minimum atomic E-state index is 0. The Morgan fingerprint density at radius 3 is 2.50 bits per heavy atom. The van der Waals surface area contributed by atoms with Crippen LogP contribution in [-0.4, -0.2) is 36.2 Å². The van der Waals surface area contributed by atoms with Crippen LogP contribution in [0.4, 0.5) is 0 Å². The molecule has 22 heavy (non-hydrogen) atoms. The average molecular weight is 347 g/mol. The van der Waals surface area contributed by atoms with Crippen molar-refractivity contribution in [1.82, 2.24) is 10.2 Å². The lowest BCUT2D eigenvalue weighted by Gasteiger charge is -2.36. The number of piperazine rings is 1. The number of phenols is 1. The predicted molar refractivity (Wildman–Crippen MR) is 96.5 cm³/mol. The molecule has 1 aliphatic carbocycles. The zero-order valence-corrected chi connectivity index (χ0v) is 14.9. The first-order valence-corrected chi connectivity index (χ1v) is 8.05. The maximum atomic E-state index is 10.6. The molecular weight excluding hydrogens is 319 g/mol. The second kappa shape index (κ2) is 8.97. The monoisotopic (exact) mass is 346 g/mol. The highest BCUT2D eigenvalue weighted by molar-refractivity contribution is 5.85. The lowest BCUT2D eigenvalue weighted by atomic mass is 9.95. The summed E-state index contributed by atoms with van der Waals surface area (Å²) in [6.07, 6.45) is 4.85. The van der Waals surface area contributed by atoms with Crippen molar-refractivity contribution in [1.29, 1.82) is 0 Å². The molecule has 0 spiro atoms. The Hall–Kier alpha value is -0.480. The smallest absolute Gasteiger partial charge is 0.123 e. The number of halogens is 2. The third-order valence-corrected chi connectivity index (χ3v) is 4.74. The minimum absolute atomic E-state index is 0. The highest BCUT2D eigenvalue weighted by atomic mass is 35.5. The summed E-state index contributed by atoms with van der Waals surface area (Å²) in [6, 6.07) is 6.68. The lowest BCUT2D eigenvalue weighted by Crippen LogP contribution is -2.45. The van der Waals surface area contributed by atoms with Crippen molar-refractivity contribution in [3.05, 3.63) is 29.3 Å². The first-order chi connectivity index (χ1) is 9.79. The highest BCUT2D eigenvalue weighted by Gasteiger charge is 2.31. The number of nitrogens with one attached hydrogen (secondary N) is 1. The van der Waals surface area contributed by atoms with Crippen molar-refractivity contribution in [2.75, 3.05) is 26.2 Å². The van der Waals surface area contributed by atoms with E-state index in [2.05, 4.69) is 29.3 Å². The van der Waals surface area contributed by atoms with Gasteiger partial charge in [0.05, 0.1) is 0 Å². The van der Waals surface area contributed by atoms with Gasteiger partial charge in [-0.1, -0.05) is 38.0 Å². The van der Waals surface area contributed by atoms with Crippen molar-refractivity contribution < 1.29 is 5.11 Å². The standard InChI is InChI=1S/C17H26N2O.2ClH/c1-2-14-4-3-5-15(17(14)20)16(12-13-6-7-13)19-10-8-18-9-11-19;;/h3-5,13,16,18,20H,2,6-12H2,1H3;2*1H/t16-;;/m0../s1. The van der Waals surface area contributed by atoms with Crippen LogP contribution >= 0.6 is 24.8 Å². The van der Waals surface area contributed by atoms with E-state index in [4.69, 9.17) is 0 Å². The van der Waals surface area contributed by atoms with Crippen LogP contribution in [0.3, 0.4) is 0 Å². The van der Waals surface area contributed by atoms with Gasteiger partial charge in [-0.2, -0.15) is 0 Å². The van der Waals surface area contributed by atoms with E-state index in [-0.39, 0.29) is 24.8 Å². The largest absolute Gasteiger partial charge is 0.507 e. The molecule has 5 heteroatoms. The number of aryl methyl sites for hydroxylation is 1. The number of nitrogens with zero attached hydrogens (tertiary/aromatic N) is 1. The maximum Gasteiger partial charge on any atom is 0.123 e. The molecule has 2 aliphatic rings. The van der Waals surface area contributed by atoms with Gasteiger partial charge in [0.2, 0.25) is 0 Å². The van der Waals surface area contributed by atoms with Gasteiger partial charge in [-0.15, -0.1) is 24.8 Å². The van der Waals surface area contributed by atoms with Crippen LogP contribution in [0.15, 0.2) is 18.2 Å². The number of benzene rings is 1. The summed E-state index contributed by atoms with van der Waals surface area (Å²) in [4.78, 5) is 2.56. The maximum absolute atomic E-state index is 10.6. The molecule has 126 valence electrons. The fraction of sp³-hybridized carbons (Fsp3) is 0.647. The fourth-order valence-corrected chi connectivity index (χ4v) is 3.30. The number of aromatic hydroxyl groups is 1. The van der Waals surface area contributed by atoms with Crippen LogP contribution in [0.2, 0.25) is 0 Å². The Kier molecular flexibility index (Phi) is 7.98. The normalized spacial score (nSPS) is 19.9. The molecule has 0 bridgehead atoms. The van der Waals surface area contributed by atoms with Gasteiger partial charge in [0.1, 0.15) is 5.75 Å². The van der Waals surface area contributed by atoms with E-state index in [0.717, 1.165) is 49.6 Å². The summed E-state index contributed by atoms with van der Waals surface area (Å²) >= 11 is 0. The second-order valence-corrected chi connectivity index (χ2v) is 6.19. The molecule has 0 radical (unpaired) electrons. The van der Waals surface area contributed by atoms with Crippen molar-refractivity contribution in [2.45, 2.75) is 38.6 Å². The molecule has 2 N–H and O–H groups in total. The Bertz CT molecular complexity index is 460. The summed E-state index contributed by atoms with van der Waals surface area (Å²) in [5.41, 5.74) is 2.23. The average Bonchev–Trinajstić information content (AvgIpc) is 3.30. The van der Waals surface area contributed by atoms with Crippen LogP contribution < -0.4 is 5.32 Å². The van der Waals surface area contributed by atoms with E-state index in [1.54, 1.807) is 0 Å². The molecule has 2 fully saturated rings. The van der Waals surface area contributed by atoms with Crippen LogP contribution in [-0.2, 0) is 6.42 Å². The van der Waals surface area contributed by atoms with Gasteiger partial charge >= 0.3 is 0 Å². The summed E-state index contributed by atoms with van der Waals surface area (Å²) in [5.74, 6) is 1.42. The van der Waals surface area contributed by atoms with Crippen molar-refractivity contribution in [3.63, 3.8) is 0 Å². The number of hydrogen-bond donors (Lipinski definition) is 2. The van der Waals surface area contributed by atoms with Gasteiger partial charge in [-0.05, 0) is 24.3 Å². The molecule has 1 aromatic rings. The Morgan fingerprint density at radius 2 is 1.91 bits per heavy atom. The third kappa shape index (κ3) is 4.51. The van der Waals surface area contributed by atoms with E-state index in [1.165, 1.54) is 19.3 Å². The van der Waals surface area contributed by atoms with Crippen molar-refractivity contribution in [2.24, 2.45) is 5.92 Å².